The van der Waals surface area contributed by atoms with E-state index < -0.39 is 113 Å². The minimum Gasteiger partial charge on any atom is -0.390 e. The van der Waals surface area contributed by atoms with Crippen molar-refractivity contribution in [1.29, 1.82) is 0 Å². The third-order valence-corrected chi connectivity index (χ3v) is 15.7. The number of alkyl halides is 2. The average Bonchev–Trinajstić information content (AvgIpc) is 3.91. The van der Waals surface area contributed by atoms with Crippen molar-refractivity contribution in [3.8, 4) is 0 Å². The molecule has 6 aliphatic rings. The molecule has 4 fully saturated rings. The summed E-state index contributed by atoms with van der Waals surface area (Å²) in [5.41, 5.74) is -4.78. The van der Waals surface area contributed by atoms with Crippen molar-refractivity contribution in [1.82, 2.24) is 15.5 Å². The Kier molecular flexibility index (Phi) is 12.6. The molecule has 0 aromatic heterocycles. The number of Topliss-reactive ketones (excluding diaryl/α,β-unsaturated/α-hetero) is 1. The van der Waals surface area contributed by atoms with Crippen molar-refractivity contribution in [3.05, 3.63) is 95.6 Å². The summed E-state index contributed by atoms with van der Waals surface area (Å²) in [5, 5.41) is 30.0. The van der Waals surface area contributed by atoms with Crippen LogP contribution in [0.25, 0.3) is 0 Å². The average molecular weight is 932 g/mol. The number of imide groups is 1. The van der Waals surface area contributed by atoms with E-state index in [1.54, 1.807) is 25.1 Å². The highest BCUT2D eigenvalue weighted by atomic mass is 32.2. The van der Waals surface area contributed by atoms with Gasteiger partial charge in [0.1, 0.15) is 24.9 Å². The second-order valence-electron chi connectivity index (χ2n) is 18.5. The Morgan fingerprint density at radius 1 is 0.970 bits per heavy atom. The van der Waals surface area contributed by atoms with E-state index in [-0.39, 0.29) is 43.6 Å². The number of carbonyl (C=O) groups is 6. The van der Waals surface area contributed by atoms with Crippen LogP contribution in [0.2, 0.25) is 0 Å². The number of rotatable bonds is 14. The van der Waals surface area contributed by atoms with Crippen LogP contribution < -0.4 is 16.0 Å². The van der Waals surface area contributed by atoms with Crippen molar-refractivity contribution in [2.75, 3.05) is 18.5 Å². The summed E-state index contributed by atoms with van der Waals surface area (Å²) < 4.78 is 46.8. The Morgan fingerprint density at radius 2 is 1.67 bits per heavy atom. The number of benzene rings is 2. The number of anilines is 1. The maximum Gasteiger partial charge on any atom is 0.339 e. The van der Waals surface area contributed by atoms with Gasteiger partial charge in [0.05, 0.1) is 12.2 Å². The molecule has 3 saturated carbocycles. The molecular formula is C48H53F2N4O11S+. The lowest BCUT2D eigenvalue weighted by Gasteiger charge is -2.63. The van der Waals surface area contributed by atoms with Crippen LogP contribution in [0.15, 0.2) is 89.4 Å². The summed E-state index contributed by atoms with van der Waals surface area (Å²) in [6, 6.07) is 12.6. The van der Waals surface area contributed by atoms with Gasteiger partial charge in [-0.15, -0.1) is 11.8 Å². The van der Waals surface area contributed by atoms with Gasteiger partial charge in [-0.2, -0.15) is 0 Å². The summed E-state index contributed by atoms with van der Waals surface area (Å²) in [7, 11) is 0. The van der Waals surface area contributed by atoms with Gasteiger partial charge >= 0.3 is 5.78 Å². The summed E-state index contributed by atoms with van der Waals surface area (Å²) in [6.07, 6.45) is 0.503. The molecule has 2 aromatic carbocycles. The monoisotopic (exact) mass is 931 g/mol. The Labute approximate surface area is 383 Å². The van der Waals surface area contributed by atoms with Crippen LogP contribution in [0.1, 0.15) is 70.8 Å². The van der Waals surface area contributed by atoms with Crippen LogP contribution in [0.4, 0.5) is 14.5 Å². The molecule has 0 radical (unpaired) electrons. The molecular weight excluding hydrogens is 879 g/mol. The maximum atomic E-state index is 17.8. The first-order valence-corrected chi connectivity index (χ1v) is 23.0. The maximum absolute atomic E-state index is 17.8. The molecule has 6 N–H and O–H groups in total. The van der Waals surface area contributed by atoms with Crippen molar-refractivity contribution in [2.45, 2.75) is 112 Å². The van der Waals surface area contributed by atoms with Gasteiger partial charge in [0.15, 0.2) is 23.3 Å². The molecule has 66 heavy (non-hydrogen) atoms. The zero-order valence-corrected chi connectivity index (χ0v) is 37.6. The number of allylic oxidation sites excluding steroid dienone is 4. The lowest BCUT2D eigenvalue weighted by molar-refractivity contribution is -0.235. The second-order valence-corrected chi connectivity index (χ2v) is 19.5. The van der Waals surface area contributed by atoms with Crippen LogP contribution in [0, 0.1) is 22.7 Å². The molecule has 8 rings (SSSR count). The van der Waals surface area contributed by atoms with Gasteiger partial charge in [-0.25, -0.2) is 8.78 Å². The number of aliphatic hydroxyl groups excluding tert-OH is 2. The minimum absolute atomic E-state index is 0.0632. The van der Waals surface area contributed by atoms with Gasteiger partial charge in [-0.1, -0.05) is 43.3 Å². The number of ketones is 2. The van der Waals surface area contributed by atoms with Crippen molar-refractivity contribution >= 4 is 58.6 Å². The second kappa shape index (κ2) is 17.7. The summed E-state index contributed by atoms with van der Waals surface area (Å²) >= 11 is 1.50. The lowest BCUT2D eigenvalue weighted by Crippen LogP contribution is -2.70. The van der Waals surface area contributed by atoms with E-state index in [9.17, 15) is 43.8 Å². The number of carbonyl (C=O) groups excluding carboxylic acids is 7. The summed E-state index contributed by atoms with van der Waals surface area (Å²) in [5.74, 6) is -4.68. The van der Waals surface area contributed by atoms with Gasteiger partial charge in [0.2, 0.25) is 17.7 Å². The zero-order valence-electron chi connectivity index (χ0n) is 36.8. The van der Waals surface area contributed by atoms with E-state index in [0.717, 1.165) is 27.5 Å². The molecule has 15 nitrogen and oxygen atoms in total. The van der Waals surface area contributed by atoms with Gasteiger partial charge in [-0.05, 0) is 75.3 Å². The Hall–Kier alpha value is -5.40. The molecule has 350 valence electrons. The molecule has 0 unspecified atom stereocenters. The van der Waals surface area contributed by atoms with Crippen LogP contribution in [-0.4, -0.2) is 116 Å². The van der Waals surface area contributed by atoms with Crippen molar-refractivity contribution in [3.63, 3.8) is 0 Å². The summed E-state index contributed by atoms with van der Waals surface area (Å²) in [6.45, 7) is 5.22. The number of amides is 5. The largest absolute Gasteiger partial charge is 0.390 e. The van der Waals surface area contributed by atoms with E-state index >= 15 is 8.78 Å². The molecule has 2 aromatic rings. The first-order chi connectivity index (χ1) is 31.2. The predicted octanol–water partition coefficient (Wildman–Crippen LogP) is 3.86. The first kappa shape index (κ1) is 47.1. The normalized spacial score (nSPS) is 33.8. The van der Waals surface area contributed by atoms with Gasteiger partial charge in [0, 0.05) is 75.9 Å². The van der Waals surface area contributed by atoms with E-state index in [0.29, 0.717) is 17.0 Å². The molecule has 18 heteroatoms. The fourth-order valence-electron chi connectivity index (χ4n) is 11.2. The highest BCUT2D eigenvalue weighted by Gasteiger charge is 2.80. The number of fused-ring (bicyclic) bond motifs is 7. The first-order valence-electron chi connectivity index (χ1n) is 22.0. The SMILES string of the molecule is C[C@H](NC(=O)CCN1C(=O)C=CC1=O)C(=O)N[C@@H](C)C(=O)Nc1cccc(SCc2ccc([C@H]3O[C@@H]4C[C@H]5[C@@H]6C[C@H](F)C7=CC(=[OH+])C=C[C@]7(C)[C@@]6(F)[C@@H](O)C[C@]5(C)[C@]4(C(=O)CO)O3)cc2)c1. The smallest absolute Gasteiger partial charge is 0.339 e. The molecule has 0 spiro atoms. The molecule has 0 bridgehead atoms. The summed E-state index contributed by atoms with van der Waals surface area (Å²) in [4.78, 5) is 87.4. The highest BCUT2D eigenvalue weighted by Crippen LogP contribution is 2.72. The quantitative estimate of drug-likeness (QED) is 0.104. The Morgan fingerprint density at radius 3 is 2.36 bits per heavy atom. The lowest BCUT2D eigenvalue weighted by atomic mass is 9.44. The van der Waals surface area contributed by atoms with Crippen LogP contribution >= 0.6 is 11.8 Å². The third kappa shape index (κ3) is 7.83. The van der Waals surface area contributed by atoms with Crippen molar-refractivity contribution < 1.29 is 62.0 Å². The molecule has 12 atom stereocenters. The Bertz CT molecular complexity index is 2450. The number of ether oxygens (including phenoxy) is 2. The van der Waals surface area contributed by atoms with Crippen LogP contribution in [-0.2, 0) is 44.0 Å². The zero-order chi connectivity index (χ0) is 47.5. The Balaban J connectivity index is 0.862. The number of thioether (sulfide) groups is 1. The topological polar surface area (TPSA) is 222 Å². The van der Waals surface area contributed by atoms with Gasteiger partial charge < -0.3 is 35.6 Å². The molecule has 2 aliphatic heterocycles. The fraction of sp³-hybridized carbons (Fsp3) is 0.479. The minimum atomic E-state index is -2.32. The molecule has 2 heterocycles. The molecule has 5 amide bonds. The molecule has 1 saturated heterocycles. The van der Waals surface area contributed by atoms with Crippen molar-refractivity contribution in [2.24, 2.45) is 22.7 Å². The van der Waals surface area contributed by atoms with E-state index in [4.69, 9.17) is 9.47 Å². The van der Waals surface area contributed by atoms with Gasteiger partial charge in [0.25, 0.3) is 11.8 Å². The predicted molar refractivity (Wildman–Crippen MR) is 236 cm³/mol. The van der Waals surface area contributed by atoms with Gasteiger partial charge in [-0.3, -0.25) is 38.5 Å². The number of aliphatic hydroxyl groups is 2. The standard InChI is InChI=1S/C48H52F2N4O11S/c1-25(51-39(59)15-17-54-40(60)12-13-41(54)61)42(62)52-26(2)43(63)53-29-6-5-7-31(18-29)66-24-27-8-10-28(11-9-27)44-64-38-21-32-33-20-35(49)34-19-30(56)14-16-45(34,3)47(33,50)36(57)22-46(32,4)48(38,65-44)37(58)23-55/h5-14,16,18-19,25-26,32-33,35-36,38,44,55,57H,15,17,20-24H2,1-4H3,(H,51,59)(H,52,62)(H,53,63)/p+1/t25-,26-,32-,33-,35-,36-,38+,44-,45-,46-,47-,48+/m0/s1. The number of halogens is 2. The van der Waals surface area contributed by atoms with E-state index in [1.165, 1.54) is 50.8 Å². The number of nitrogens with zero attached hydrogens (tertiary/aromatic N) is 1. The van der Waals surface area contributed by atoms with E-state index in [1.807, 2.05) is 30.3 Å². The van der Waals surface area contributed by atoms with E-state index in [2.05, 4.69) is 16.0 Å². The molecule has 4 aliphatic carbocycles. The number of nitrogens with one attached hydrogen (secondary N) is 3. The fourth-order valence-corrected chi connectivity index (χ4v) is 12.1. The van der Waals surface area contributed by atoms with Crippen LogP contribution in [0.5, 0.6) is 0 Å². The number of hydrogen-bond acceptors (Lipinski definition) is 11. The van der Waals surface area contributed by atoms with Crippen LogP contribution in [0.3, 0.4) is 0 Å². The highest BCUT2D eigenvalue weighted by molar-refractivity contribution is 7.98. The number of hydrogen-bond donors (Lipinski definition) is 5. The third-order valence-electron chi connectivity index (χ3n) is 14.7.